The Morgan fingerprint density at radius 3 is 2.22 bits per heavy atom. The number of nitrogens with two attached hydrogens (primary N) is 2. The highest BCUT2D eigenvalue weighted by atomic mass is 19.1. The molecule has 0 heterocycles. The number of carbonyl (C=O) groups excluding carboxylic acids is 2. The van der Waals surface area contributed by atoms with Crippen molar-refractivity contribution in [3.05, 3.63) is 101 Å². The Morgan fingerprint density at radius 2 is 1.58 bits per heavy atom. The van der Waals surface area contributed by atoms with E-state index in [1.54, 1.807) is 12.1 Å². The fourth-order valence-corrected chi connectivity index (χ4v) is 3.75. The lowest BCUT2D eigenvalue weighted by atomic mass is 10.0. The van der Waals surface area contributed by atoms with Gasteiger partial charge in [0.05, 0.1) is 12.6 Å². The third-order valence-corrected chi connectivity index (χ3v) is 5.75. The summed E-state index contributed by atoms with van der Waals surface area (Å²) in [7, 11) is 0. The Labute approximate surface area is 211 Å². The number of rotatable bonds is 12. The van der Waals surface area contributed by atoms with E-state index in [1.807, 2.05) is 61.5 Å². The summed E-state index contributed by atoms with van der Waals surface area (Å²) in [6.45, 7) is 2.69. The fraction of sp³-hybridized carbons (Fsp3) is 0.286. The van der Waals surface area contributed by atoms with Crippen LogP contribution < -0.4 is 26.8 Å². The van der Waals surface area contributed by atoms with E-state index >= 15 is 0 Å². The van der Waals surface area contributed by atoms with Crippen molar-refractivity contribution >= 4 is 11.8 Å². The van der Waals surface area contributed by atoms with E-state index in [9.17, 15) is 14.0 Å². The summed E-state index contributed by atoms with van der Waals surface area (Å²) >= 11 is 0. The van der Waals surface area contributed by atoms with E-state index in [-0.39, 0.29) is 25.4 Å². The number of halogens is 1. The Morgan fingerprint density at radius 1 is 0.917 bits per heavy atom. The predicted octanol–water partition coefficient (Wildman–Crippen LogP) is 2.60. The molecule has 7 nitrogen and oxygen atoms in total. The van der Waals surface area contributed by atoms with Crippen molar-refractivity contribution in [1.29, 1.82) is 0 Å². The second kappa shape index (κ2) is 13.4. The third kappa shape index (κ3) is 7.90. The smallest absolute Gasteiger partial charge is 0.243 e. The maximum Gasteiger partial charge on any atom is 0.243 e. The van der Waals surface area contributed by atoms with E-state index in [0.29, 0.717) is 24.2 Å². The molecule has 0 saturated heterocycles. The van der Waals surface area contributed by atoms with Gasteiger partial charge in [-0.05, 0) is 48.2 Å². The van der Waals surface area contributed by atoms with E-state index in [4.69, 9.17) is 16.2 Å². The standard InChI is InChI=1S/C28H33FN4O3/c1-2-36-23-12-9-20(10-13-23)15-25(31)27(34)33-26(16-19-6-4-3-5-7-19)28(35)32-18-21-8-11-22(17-30)24(29)14-21/h3-14,25-26H,2,15-18,30-31H2,1H3,(H,32,35)(H,33,34). The molecule has 0 aliphatic carbocycles. The number of hydrogen-bond donors (Lipinski definition) is 4. The van der Waals surface area contributed by atoms with Gasteiger partial charge in [-0.25, -0.2) is 4.39 Å². The molecular weight excluding hydrogens is 459 g/mol. The van der Waals surface area contributed by atoms with Crippen molar-refractivity contribution in [3.63, 3.8) is 0 Å². The van der Waals surface area contributed by atoms with Crippen molar-refractivity contribution in [2.45, 2.75) is 44.9 Å². The molecular formula is C28H33FN4O3. The second-order valence-corrected chi connectivity index (χ2v) is 8.49. The molecule has 0 aromatic heterocycles. The number of hydrogen-bond acceptors (Lipinski definition) is 5. The molecule has 8 heteroatoms. The molecule has 0 fully saturated rings. The van der Waals surface area contributed by atoms with Crippen LogP contribution in [0.3, 0.4) is 0 Å². The van der Waals surface area contributed by atoms with Crippen LogP contribution in [0, 0.1) is 5.82 Å². The molecule has 0 aliphatic rings. The van der Waals surface area contributed by atoms with Gasteiger partial charge in [0.1, 0.15) is 17.6 Å². The molecule has 2 atom stereocenters. The summed E-state index contributed by atoms with van der Waals surface area (Å²) in [4.78, 5) is 26.0. The van der Waals surface area contributed by atoms with Crippen LogP contribution >= 0.6 is 0 Å². The molecule has 3 aromatic carbocycles. The van der Waals surface area contributed by atoms with Gasteiger partial charge in [0.25, 0.3) is 0 Å². The van der Waals surface area contributed by atoms with Crippen LogP contribution in [0.4, 0.5) is 4.39 Å². The quantitative estimate of drug-likeness (QED) is 0.310. The molecule has 0 spiro atoms. The van der Waals surface area contributed by atoms with E-state index in [1.165, 1.54) is 6.07 Å². The van der Waals surface area contributed by atoms with Crippen LogP contribution in [0.5, 0.6) is 5.75 Å². The van der Waals surface area contributed by atoms with Gasteiger partial charge >= 0.3 is 0 Å². The predicted molar refractivity (Wildman–Crippen MR) is 138 cm³/mol. The lowest BCUT2D eigenvalue weighted by molar-refractivity contribution is -0.129. The number of amides is 2. The van der Waals surface area contributed by atoms with E-state index in [2.05, 4.69) is 10.6 Å². The molecule has 3 rings (SSSR count). The molecule has 0 aliphatic heterocycles. The Balaban J connectivity index is 1.65. The summed E-state index contributed by atoms with van der Waals surface area (Å²) in [5.41, 5.74) is 14.4. The molecule has 190 valence electrons. The third-order valence-electron chi connectivity index (χ3n) is 5.75. The molecule has 2 unspecified atom stereocenters. The average Bonchev–Trinajstić information content (AvgIpc) is 2.88. The van der Waals surface area contributed by atoms with Gasteiger partial charge in [0, 0.05) is 25.1 Å². The highest BCUT2D eigenvalue weighted by Gasteiger charge is 2.24. The highest BCUT2D eigenvalue weighted by molar-refractivity contribution is 5.90. The second-order valence-electron chi connectivity index (χ2n) is 8.49. The summed E-state index contributed by atoms with van der Waals surface area (Å²) in [6, 6.07) is 19.7. The lowest BCUT2D eigenvalue weighted by Crippen LogP contribution is -2.52. The zero-order chi connectivity index (χ0) is 25.9. The fourth-order valence-electron chi connectivity index (χ4n) is 3.75. The highest BCUT2D eigenvalue weighted by Crippen LogP contribution is 2.14. The normalized spacial score (nSPS) is 12.4. The molecule has 0 bridgehead atoms. The van der Waals surface area contributed by atoms with Gasteiger partial charge in [-0.2, -0.15) is 0 Å². The molecule has 3 aromatic rings. The van der Waals surface area contributed by atoms with Gasteiger partial charge < -0.3 is 26.8 Å². The van der Waals surface area contributed by atoms with Crippen LogP contribution in [0.1, 0.15) is 29.2 Å². The zero-order valence-corrected chi connectivity index (χ0v) is 20.4. The minimum absolute atomic E-state index is 0.0978. The number of benzene rings is 3. The van der Waals surface area contributed by atoms with Crippen molar-refractivity contribution < 1.29 is 18.7 Å². The van der Waals surface area contributed by atoms with Crippen molar-refractivity contribution in [3.8, 4) is 5.75 Å². The Kier molecular flexibility index (Phi) is 9.97. The maximum atomic E-state index is 14.1. The minimum atomic E-state index is -0.848. The van der Waals surface area contributed by atoms with Crippen LogP contribution in [-0.4, -0.2) is 30.5 Å². The molecule has 0 saturated carbocycles. The number of carbonyl (C=O) groups is 2. The summed E-state index contributed by atoms with van der Waals surface area (Å²) in [6.07, 6.45) is 0.597. The number of ether oxygens (including phenoxy) is 1. The largest absolute Gasteiger partial charge is 0.494 e. The first-order valence-electron chi connectivity index (χ1n) is 12.0. The first-order chi connectivity index (χ1) is 17.4. The molecule has 0 radical (unpaired) electrons. The number of nitrogens with one attached hydrogen (secondary N) is 2. The molecule has 2 amide bonds. The Bertz CT molecular complexity index is 1140. The van der Waals surface area contributed by atoms with Crippen LogP contribution in [-0.2, 0) is 35.5 Å². The van der Waals surface area contributed by atoms with Gasteiger partial charge in [0.15, 0.2) is 0 Å². The zero-order valence-electron chi connectivity index (χ0n) is 20.4. The summed E-state index contributed by atoms with van der Waals surface area (Å²) in [5.74, 6) is -0.489. The lowest BCUT2D eigenvalue weighted by Gasteiger charge is -2.21. The van der Waals surface area contributed by atoms with Gasteiger partial charge in [0.2, 0.25) is 11.8 Å². The average molecular weight is 493 g/mol. The van der Waals surface area contributed by atoms with Crippen LogP contribution in [0.2, 0.25) is 0 Å². The first kappa shape index (κ1) is 26.8. The van der Waals surface area contributed by atoms with Crippen molar-refractivity contribution in [1.82, 2.24) is 10.6 Å². The van der Waals surface area contributed by atoms with Gasteiger partial charge in [-0.1, -0.05) is 54.6 Å². The van der Waals surface area contributed by atoms with Gasteiger partial charge in [-0.3, -0.25) is 9.59 Å². The molecule has 36 heavy (non-hydrogen) atoms. The topological polar surface area (TPSA) is 119 Å². The van der Waals surface area contributed by atoms with Crippen LogP contribution in [0.15, 0.2) is 72.8 Å². The first-order valence-corrected chi connectivity index (χ1v) is 12.0. The van der Waals surface area contributed by atoms with E-state index in [0.717, 1.165) is 16.9 Å². The minimum Gasteiger partial charge on any atom is -0.494 e. The SMILES string of the molecule is CCOc1ccc(CC(N)C(=O)NC(Cc2ccccc2)C(=O)NCc2ccc(CN)c(F)c2)cc1. The molecule has 6 N–H and O–H groups in total. The maximum absolute atomic E-state index is 14.1. The summed E-state index contributed by atoms with van der Waals surface area (Å²) < 4.78 is 19.5. The van der Waals surface area contributed by atoms with Crippen molar-refractivity contribution in [2.24, 2.45) is 11.5 Å². The van der Waals surface area contributed by atoms with Crippen molar-refractivity contribution in [2.75, 3.05) is 6.61 Å². The Hall–Kier alpha value is -3.75. The summed E-state index contributed by atoms with van der Waals surface area (Å²) in [5, 5.41) is 5.58. The monoisotopic (exact) mass is 492 g/mol. The van der Waals surface area contributed by atoms with E-state index < -0.39 is 23.8 Å². The van der Waals surface area contributed by atoms with Crippen LogP contribution in [0.25, 0.3) is 0 Å². The van der Waals surface area contributed by atoms with Gasteiger partial charge in [-0.15, -0.1) is 0 Å².